The number of ether oxygens (including phenoxy) is 1. The topological polar surface area (TPSA) is 116 Å². The normalized spacial score (nSPS) is 20.2. The van der Waals surface area contributed by atoms with Crippen molar-refractivity contribution in [2.24, 2.45) is 0 Å². The van der Waals surface area contributed by atoms with Crippen LogP contribution in [-0.4, -0.2) is 148 Å². The van der Waals surface area contributed by atoms with Crippen molar-refractivity contribution in [1.82, 2.24) is 0 Å². The average Bonchev–Trinajstić information content (AvgIpc) is 4.00. The van der Waals surface area contributed by atoms with E-state index >= 15 is 0 Å². The minimum absolute atomic E-state index is 0.193. The van der Waals surface area contributed by atoms with Crippen LogP contribution in [0.5, 0.6) is 0 Å². The molecule has 4 aliphatic carbocycles. The summed E-state index contributed by atoms with van der Waals surface area (Å²) < 4.78 is 5.39. The van der Waals surface area contributed by atoms with E-state index in [1.54, 1.807) is 9.80 Å². The number of nitrogens with one attached hydrogen (secondary N) is 5. The van der Waals surface area contributed by atoms with Gasteiger partial charge in [0.2, 0.25) is 0 Å². The minimum atomic E-state index is 0.193. The Kier molecular flexibility index (Phi) is 16.3. The molecule has 0 spiro atoms. The van der Waals surface area contributed by atoms with E-state index < -0.39 is 0 Å². The summed E-state index contributed by atoms with van der Waals surface area (Å²) in [5.41, 5.74) is 12.1. The molecule has 424 valence electrons. The summed E-state index contributed by atoms with van der Waals surface area (Å²) in [6.45, 7) is 18.7. The minimum Gasteiger partial charge on any atom is -0.370 e. The van der Waals surface area contributed by atoms with Gasteiger partial charge in [0.15, 0.2) is 23.1 Å². The summed E-state index contributed by atoms with van der Waals surface area (Å²) in [4.78, 5) is 58.8. The first-order chi connectivity index (χ1) is 41.2. The van der Waals surface area contributed by atoms with Gasteiger partial charge in [-0.2, -0.15) is 0 Å². The molecular weight excluding hydrogens is 1040 g/mol. The number of morpholine rings is 1. The number of carbonyl (C=O) groups is 4. The van der Waals surface area contributed by atoms with Crippen molar-refractivity contribution in [1.29, 1.82) is 0 Å². The molecule has 4 fully saturated rings. The summed E-state index contributed by atoms with van der Waals surface area (Å²) in [5, 5.41) is 11.5. The number of Topliss-reactive ketones (excluding diaryl/α,β-unsaturated/α-hetero) is 4. The maximum atomic E-state index is 12.9. The summed E-state index contributed by atoms with van der Waals surface area (Å²) in [6.07, 6.45) is 11.0. The Morgan fingerprint density at radius 2 is 0.631 bits per heavy atom. The molecule has 0 atom stereocenters. The molecule has 4 aliphatic heterocycles. The van der Waals surface area contributed by atoms with Crippen LogP contribution < -0.4 is 29.8 Å². The van der Waals surface area contributed by atoms with Crippen LogP contribution in [0.3, 0.4) is 0 Å². The lowest BCUT2D eigenvalue weighted by Crippen LogP contribution is -3.27. The monoisotopic (exact) mass is 1120 g/mol. The van der Waals surface area contributed by atoms with Gasteiger partial charge in [0.1, 0.15) is 91.6 Å². The summed E-state index contributed by atoms with van der Waals surface area (Å²) >= 11 is 0. The van der Waals surface area contributed by atoms with Gasteiger partial charge in [0.05, 0.1) is 55.6 Å². The second-order valence-corrected chi connectivity index (χ2v) is 24.3. The fourth-order valence-corrected chi connectivity index (χ4v) is 14.2. The fraction of sp³-hybridized carbons (Fsp3) is 0.288. The van der Waals surface area contributed by atoms with E-state index in [1.165, 1.54) is 89.1 Å². The van der Waals surface area contributed by atoms with Crippen molar-refractivity contribution in [2.75, 3.05) is 125 Å². The third-order valence-electron chi connectivity index (χ3n) is 18.7. The van der Waals surface area contributed by atoms with Crippen molar-refractivity contribution in [3.63, 3.8) is 0 Å². The summed E-state index contributed by atoms with van der Waals surface area (Å²) in [5.74, 6) is 0.872. The highest BCUT2D eigenvalue weighted by Crippen LogP contribution is 2.34. The van der Waals surface area contributed by atoms with Gasteiger partial charge < -0.3 is 34.6 Å². The molecule has 0 saturated carbocycles. The summed E-state index contributed by atoms with van der Waals surface area (Å²) in [7, 11) is 2.25. The van der Waals surface area contributed by atoms with E-state index in [2.05, 4.69) is 134 Å². The molecule has 0 amide bonds. The van der Waals surface area contributed by atoms with Crippen LogP contribution in [0, 0.1) is 0 Å². The van der Waals surface area contributed by atoms with Crippen LogP contribution in [-0.2, 0) is 4.74 Å². The van der Waals surface area contributed by atoms with E-state index in [4.69, 9.17) is 4.74 Å². The fourth-order valence-electron chi connectivity index (χ4n) is 14.2. The van der Waals surface area contributed by atoms with E-state index in [1.807, 2.05) is 48.5 Å². The Bertz CT molecular complexity index is 3870. The van der Waals surface area contributed by atoms with E-state index in [0.29, 0.717) is 0 Å². The predicted octanol–water partition coefficient (Wildman–Crippen LogP) is 3.15. The number of carbonyl (C=O) groups excluding carboxylic acids is 4. The van der Waals surface area contributed by atoms with Gasteiger partial charge in [0, 0.05) is 56.6 Å². The lowest BCUT2D eigenvalue weighted by molar-refractivity contribution is -1.00. The van der Waals surface area contributed by atoms with Crippen LogP contribution in [0.25, 0.3) is 67.4 Å². The molecule has 0 unspecified atom stereocenters. The lowest BCUT2D eigenvalue weighted by Gasteiger charge is -2.28. The number of hydrogen-bond acceptors (Lipinski definition) is 5. The number of likely N-dealkylation sites (N-methyl/N-ethyl adjacent to an activating group) is 1. The zero-order chi connectivity index (χ0) is 57.1. The average molecular weight is 1120 g/mol. The van der Waals surface area contributed by atoms with E-state index in [9.17, 15) is 19.2 Å². The maximum Gasteiger partial charge on any atom is 0.195 e. The second-order valence-electron chi connectivity index (χ2n) is 24.3. The number of nitrogens with two attached hydrogens (primary N) is 1. The zero-order valence-electron chi connectivity index (χ0n) is 48.4. The van der Waals surface area contributed by atoms with Crippen LogP contribution in [0.2, 0.25) is 0 Å². The largest absolute Gasteiger partial charge is 0.370 e. The molecule has 8 aliphatic rings. The number of quaternary nitrogens is 6. The second kappa shape index (κ2) is 24.8. The van der Waals surface area contributed by atoms with Crippen LogP contribution >= 0.6 is 0 Å². The molecule has 16 rings (SSSR count). The molecular formula is C73H78N6O5+6. The van der Waals surface area contributed by atoms with Crippen molar-refractivity contribution in [3.8, 4) is 0 Å². The number of likely N-dealkylation sites (tertiary alicyclic amines) is 1. The number of benzene rings is 8. The number of rotatable bonds is 8. The van der Waals surface area contributed by atoms with Gasteiger partial charge in [-0.05, 0) is 68.1 Å². The first-order valence-corrected chi connectivity index (χ1v) is 30.8. The first kappa shape index (κ1) is 55.4. The Morgan fingerprint density at radius 1 is 0.345 bits per heavy atom. The van der Waals surface area contributed by atoms with Crippen molar-refractivity contribution >= 4 is 90.5 Å². The Hall–Kier alpha value is -7.84. The third kappa shape index (κ3) is 11.6. The highest BCUT2D eigenvalue weighted by molar-refractivity contribution is 6.25. The van der Waals surface area contributed by atoms with Gasteiger partial charge >= 0.3 is 0 Å². The summed E-state index contributed by atoms with van der Waals surface area (Å²) in [6, 6.07) is 49.3. The molecule has 4 heterocycles. The smallest absolute Gasteiger partial charge is 0.195 e. The van der Waals surface area contributed by atoms with Gasteiger partial charge in [-0.1, -0.05) is 146 Å². The molecule has 0 aromatic heterocycles. The van der Waals surface area contributed by atoms with E-state index in [0.717, 1.165) is 166 Å². The maximum absolute atomic E-state index is 12.9. The number of hydrogen-bond donors (Lipinski definition) is 6. The lowest BCUT2D eigenvalue weighted by atomic mass is 9.88. The Morgan fingerprint density at radius 3 is 0.964 bits per heavy atom. The molecule has 11 nitrogen and oxygen atoms in total. The van der Waals surface area contributed by atoms with Crippen molar-refractivity contribution in [2.45, 2.75) is 12.8 Å². The van der Waals surface area contributed by atoms with Gasteiger partial charge in [-0.3, -0.25) is 19.2 Å². The quantitative estimate of drug-likeness (QED) is 0.140. The van der Waals surface area contributed by atoms with Crippen LogP contribution in [0.1, 0.15) is 76.5 Å². The molecule has 84 heavy (non-hydrogen) atoms. The predicted molar refractivity (Wildman–Crippen MR) is 336 cm³/mol. The zero-order valence-corrected chi connectivity index (χ0v) is 48.4. The first-order valence-electron chi connectivity index (χ1n) is 30.8. The third-order valence-corrected chi connectivity index (χ3v) is 18.7. The molecule has 7 N–H and O–H groups in total. The number of piperazine rings is 2. The van der Waals surface area contributed by atoms with E-state index in [-0.39, 0.29) is 23.1 Å². The molecule has 0 radical (unpaired) electrons. The van der Waals surface area contributed by atoms with Crippen LogP contribution in [0.15, 0.2) is 168 Å². The van der Waals surface area contributed by atoms with Crippen molar-refractivity contribution in [3.05, 3.63) is 212 Å². The molecule has 8 aromatic carbocycles. The molecule has 4 saturated heterocycles. The van der Waals surface area contributed by atoms with Gasteiger partial charge in [-0.15, -0.1) is 0 Å². The van der Waals surface area contributed by atoms with Gasteiger partial charge in [-0.25, -0.2) is 0 Å². The van der Waals surface area contributed by atoms with Crippen molar-refractivity contribution < 1.29 is 53.7 Å². The highest BCUT2D eigenvalue weighted by Gasteiger charge is 2.31. The molecule has 0 bridgehead atoms. The molecule has 11 heteroatoms. The molecule has 8 aromatic rings. The SMILES string of the molecule is C[NH+]1CC[NH+](CC2=Cc3cccc4cccc(c34)C2=O)CC1.O=C1C(C[NH+]2CCCC2)=Cc2cccc3cccc1c23.O=C1C(C[NH+]2CCOCC2)=Cc2cccc3cccc1c23.O=C1C(C[NH+]2CC[NH2+]CC2)=Cc2cccc3cccc1c23. The highest BCUT2D eigenvalue weighted by atomic mass is 16.5. The number of ketones is 4. The Balaban J connectivity index is 0.000000105. The Labute approximate surface area is 492 Å². The van der Waals surface area contributed by atoms with Gasteiger partial charge in [0.25, 0.3) is 0 Å². The standard InChI is InChI=1S/C19H20N2O.C18H18N2O.C18H17NO2.C18H17NO/c1-20-8-10-21(11-9-20)13-16-12-15-6-2-4-14-5-3-7-17(18(14)15)19(16)22;21-18-15(12-20-9-7-19-8-10-20)11-14-5-1-3-13-4-2-6-16(18)17(13)14;20-18-15(12-19-7-9-21-10-8-19)11-14-5-1-3-13-4-2-6-16(18)17(13)14;20-18-15(12-19-9-1-2-10-19)11-14-7-3-5-13-6-4-8-16(18)17(13)14/h2-7,12H,8-11,13H2,1H3;1-6,11,19H,7-10,12H2;1-6,11H,7-10,12H2;3-8,11H,1-2,9-10,12H2/p+6. The van der Waals surface area contributed by atoms with Crippen LogP contribution in [0.4, 0.5) is 0 Å².